The van der Waals surface area contributed by atoms with E-state index in [4.69, 9.17) is 10.7 Å². The van der Waals surface area contributed by atoms with Gasteiger partial charge in [-0.05, 0) is 37.3 Å². The molecule has 0 aliphatic heterocycles. The quantitative estimate of drug-likeness (QED) is 0.534. The molecule has 0 saturated carbocycles. The molecule has 25 heavy (non-hydrogen) atoms. The van der Waals surface area contributed by atoms with Crippen LogP contribution < -0.4 is 11.1 Å². The van der Waals surface area contributed by atoms with Crippen molar-refractivity contribution in [2.45, 2.75) is 6.92 Å². The lowest BCUT2D eigenvalue weighted by Crippen LogP contribution is -2.12. The molecule has 0 unspecified atom stereocenters. The van der Waals surface area contributed by atoms with Crippen LogP contribution in [0.25, 0.3) is 33.2 Å². The van der Waals surface area contributed by atoms with Crippen molar-refractivity contribution in [3.05, 3.63) is 59.7 Å². The van der Waals surface area contributed by atoms with Crippen molar-refractivity contribution < 1.29 is 4.79 Å². The number of anilines is 1. The highest BCUT2D eigenvalue weighted by Gasteiger charge is 2.16. The van der Waals surface area contributed by atoms with Gasteiger partial charge in [-0.15, -0.1) is 0 Å². The zero-order valence-corrected chi connectivity index (χ0v) is 14.1. The fraction of sp³-hybridized carbons (Fsp3) is 0.100. The van der Waals surface area contributed by atoms with Gasteiger partial charge in [-0.1, -0.05) is 23.8 Å². The van der Waals surface area contributed by atoms with E-state index in [0.29, 0.717) is 11.1 Å². The van der Waals surface area contributed by atoms with Crippen molar-refractivity contribution in [3.63, 3.8) is 0 Å². The number of nitrogens with zero attached hydrogens (tertiary/aromatic N) is 1. The van der Waals surface area contributed by atoms with Gasteiger partial charge in [-0.3, -0.25) is 4.79 Å². The number of nitrogens with two attached hydrogens (primary N) is 1. The predicted molar refractivity (Wildman–Crippen MR) is 102 cm³/mol. The minimum absolute atomic E-state index is 0.448. The van der Waals surface area contributed by atoms with E-state index in [1.165, 1.54) is 0 Å². The number of rotatable bonds is 3. The molecule has 0 atom stereocenters. The minimum atomic E-state index is -0.471. The van der Waals surface area contributed by atoms with Crippen LogP contribution in [0.1, 0.15) is 15.9 Å². The first kappa shape index (κ1) is 15.2. The summed E-state index contributed by atoms with van der Waals surface area (Å²) >= 11 is 0. The Hall–Kier alpha value is -3.34. The number of carbonyl (C=O) groups is 1. The van der Waals surface area contributed by atoms with E-state index in [9.17, 15) is 4.79 Å². The van der Waals surface area contributed by atoms with Gasteiger partial charge in [0.25, 0.3) is 5.91 Å². The van der Waals surface area contributed by atoms with E-state index >= 15 is 0 Å². The Labute approximate surface area is 144 Å². The SMILES string of the molecule is CNc1ccc2c(c1)[nH]c1c(C(N)=O)cc(-c3cccc(C)c3)nc12. The summed E-state index contributed by atoms with van der Waals surface area (Å²) in [5, 5.41) is 4.08. The van der Waals surface area contributed by atoms with E-state index < -0.39 is 5.91 Å². The van der Waals surface area contributed by atoms with Gasteiger partial charge in [0.2, 0.25) is 0 Å². The summed E-state index contributed by atoms with van der Waals surface area (Å²) < 4.78 is 0. The highest BCUT2D eigenvalue weighted by Crippen LogP contribution is 2.31. The van der Waals surface area contributed by atoms with Crippen molar-refractivity contribution in [3.8, 4) is 11.3 Å². The zero-order valence-electron chi connectivity index (χ0n) is 14.1. The molecule has 2 aromatic carbocycles. The van der Waals surface area contributed by atoms with E-state index in [2.05, 4.69) is 10.3 Å². The molecule has 4 N–H and O–H groups in total. The standard InChI is InChI=1S/C20H18N4O/c1-11-4-3-5-12(8-11)16-10-15(20(21)25)19-18(23-16)14-7-6-13(22-2)9-17(14)24-19/h3-10,22,24H,1-2H3,(H2,21,25). The van der Waals surface area contributed by atoms with E-state index in [1.54, 1.807) is 6.07 Å². The Balaban J connectivity index is 2.06. The molecule has 0 radical (unpaired) electrons. The number of H-pyrrole nitrogens is 1. The number of aryl methyl sites for hydroxylation is 1. The Morgan fingerprint density at radius 1 is 1.16 bits per heavy atom. The number of carbonyl (C=O) groups excluding carboxylic acids is 1. The summed E-state index contributed by atoms with van der Waals surface area (Å²) in [5.41, 5.74) is 12.3. The number of pyridine rings is 1. The van der Waals surface area contributed by atoms with Crippen LogP contribution in [0.4, 0.5) is 5.69 Å². The molecule has 0 fully saturated rings. The third kappa shape index (κ3) is 2.50. The van der Waals surface area contributed by atoms with Gasteiger partial charge >= 0.3 is 0 Å². The topological polar surface area (TPSA) is 83.8 Å². The molecule has 0 spiro atoms. The Bertz CT molecular complexity index is 1130. The van der Waals surface area contributed by atoms with Crippen LogP contribution in [0.15, 0.2) is 48.5 Å². The maximum absolute atomic E-state index is 12.0. The molecular weight excluding hydrogens is 312 g/mol. The fourth-order valence-electron chi connectivity index (χ4n) is 3.16. The third-order valence-electron chi connectivity index (χ3n) is 4.42. The van der Waals surface area contributed by atoms with Crippen molar-refractivity contribution in [1.29, 1.82) is 0 Å². The normalized spacial score (nSPS) is 11.1. The number of primary amides is 1. The van der Waals surface area contributed by atoms with Gasteiger partial charge in [0.1, 0.15) is 0 Å². The average molecular weight is 330 g/mol. The highest BCUT2D eigenvalue weighted by molar-refractivity contribution is 6.14. The average Bonchev–Trinajstić information content (AvgIpc) is 2.98. The molecule has 5 nitrogen and oxygen atoms in total. The molecule has 124 valence electrons. The zero-order chi connectivity index (χ0) is 17.6. The lowest BCUT2D eigenvalue weighted by atomic mass is 10.0. The largest absolute Gasteiger partial charge is 0.388 e. The highest BCUT2D eigenvalue weighted by atomic mass is 16.1. The molecule has 4 rings (SSSR count). The second-order valence-corrected chi connectivity index (χ2v) is 6.15. The molecule has 0 saturated heterocycles. The van der Waals surface area contributed by atoms with E-state index in [0.717, 1.165) is 38.9 Å². The molecule has 0 aliphatic rings. The number of aromatic amines is 1. The van der Waals surface area contributed by atoms with Crippen molar-refractivity contribution in [2.24, 2.45) is 5.73 Å². The second-order valence-electron chi connectivity index (χ2n) is 6.15. The first-order chi connectivity index (χ1) is 12.1. The van der Waals surface area contributed by atoms with Crippen LogP contribution in [0, 0.1) is 6.92 Å². The first-order valence-corrected chi connectivity index (χ1v) is 8.08. The molecule has 2 heterocycles. The molecule has 1 amide bonds. The lowest BCUT2D eigenvalue weighted by molar-refractivity contribution is 0.100. The molecule has 5 heteroatoms. The summed E-state index contributed by atoms with van der Waals surface area (Å²) in [6.45, 7) is 2.03. The van der Waals surface area contributed by atoms with Crippen LogP contribution in [-0.2, 0) is 0 Å². The smallest absolute Gasteiger partial charge is 0.250 e. The van der Waals surface area contributed by atoms with Gasteiger partial charge in [-0.25, -0.2) is 4.98 Å². The summed E-state index contributed by atoms with van der Waals surface area (Å²) in [7, 11) is 1.87. The van der Waals surface area contributed by atoms with E-state index in [-0.39, 0.29) is 0 Å². The van der Waals surface area contributed by atoms with Gasteiger partial charge in [-0.2, -0.15) is 0 Å². The monoisotopic (exact) mass is 330 g/mol. The van der Waals surface area contributed by atoms with Gasteiger partial charge in [0.05, 0.1) is 27.8 Å². The molecular formula is C20H18N4O. The van der Waals surface area contributed by atoms with Crippen LogP contribution in [0.2, 0.25) is 0 Å². The van der Waals surface area contributed by atoms with E-state index in [1.807, 2.05) is 56.4 Å². The maximum atomic E-state index is 12.0. The minimum Gasteiger partial charge on any atom is -0.388 e. The van der Waals surface area contributed by atoms with Crippen LogP contribution >= 0.6 is 0 Å². The molecule has 4 aromatic rings. The second kappa shape index (κ2) is 5.63. The summed E-state index contributed by atoms with van der Waals surface area (Å²) in [6, 6.07) is 15.8. The van der Waals surface area contributed by atoms with Gasteiger partial charge in [0.15, 0.2) is 0 Å². The Kier molecular flexibility index (Phi) is 3.42. The Morgan fingerprint density at radius 3 is 2.72 bits per heavy atom. The maximum Gasteiger partial charge on any atom is 0.250 e. The number of benzene rings is 2. The van der Waals surface area contributed by atoms with Crippen molar-refractivity contribution >= 4 is 33.5 Å². The Morgan fingerprint density at radius 2 is 2.00 bits per heavy atom. The van der Waals surface area contributed by atoms with Crippen LogP contribution in [0.3, 0.4) is 0 Å². The summed E-state index contributed by atoms with van der Waals surface area (Å²) in [5.74, 6) is -0.471. The number of nitrogens with one attached hydrogen (secondary N) is 2. The molecule has 0 aliphatic carbocycles. The summed E-state index contributed by atoms with van der Waals surface area (Å²) in [4.78, 5) is 20.1. The fourth-order valence-corrected chi connectivity index (χ4v) is 3.16. The van der Waals surface area contributed by atoms with Crippen LogP contribution in [0.5, 0.6) is 0 Å². The lowest BCUT2D eigenvalue weighted by Gasteiger charge is -2.06. The molecule has 0 bridgehead atoms. The number of fused-ring (bicyclic) bond motifs is 3. The molecule has 2 aromatic heterocycles. The van der Waals surface area contributed by atoms with Gasteiger partial charge in [0, 0.05) is 23.7 Å². The summed E-state index contributed by atoms with van der Waals surface area (Å²) in [6.07, 6.45) is 0. The van der Waals surface area contributed by atoms with Crippen molar-refractivity contribution in [1.82, 2.24) is 9.97 Å². The third-order valence-corrected chi connectivity index (χ3v) is 4.42. The number of aromatic nitrogens is 2. The predicted octanol–water partition coefficient (Wildman–Crippen LogP) is 3.83. The van der Waals surface area contributed by atoms with Gasteiger partial charge < -0.3 is 16.0 Å². The first-order valence-electron chi connectivity index (χ1n) is 8.08. The number of hydrogen-bond acceptors (Lipinski definition) is 3. The number of hydrogen-bond donors (Lipinski definition) is 3. The van der Waals surface area contributed by atoms with Crippen LogP contribution in [-0.4, -0.2) is 22.9 Å². The van der Waals surface area contributed by atoms with Crippen molar-refractivity contribution in [2.75, 3.05) is 12.4 Å². The number of amides is 1.